The molecule has 3 rings (SSSR count). The van der Waals surface area contributed by atoms with Crippen LogP contribution in [0, 0.1) is 0 Å². The molecule has 0 amide bonds. The molecule has 1 aliphatic carbocycles. The Bertz CT molecular complexity index is 509. The number of benzene rings is 1. The molecule has 4 nitrogen and oxygen atoms in total. The summed E-state index contributed by atoms with van der Waals surface area (Å²) in [7, 11) is 2.13. The summed E-state index contributed by atoms with van der Waals surface area (Å²) in [6.07, 6.45) is 2.14. The smallest absolute Gasteiger partial charge is 0.305 e. The van der Waals surface area contributed by atoms with Gasteiger partial charge >= 0.3 is 5.97 Å². The lowest BCUT2D eigenvalue weighted by Crippen LogP contribution is -2.54. The number of hydrogen-bond acceptors (Lipinski definition) is 3. The van der Waals surface area contributed by atoms with E-state index >= 15 is 0 Å². The molecule has 1 aromatic rings. The van der Waals surface area contributed by atoms with E-state index < -0.39 is 5.97 Å². The molecular formula is C16H22N2O2. The molecule has 108 valence electrons. The van der Waals surface area contributed by atoms with E-state index in [-0.39, 0.29) is 12.0 Å². The quantitative estimate of drug-likeness (QED) is 0.908. The molecule has 1 N–H and O–H groups in total. The monoisotopic (exact) mass is 274 g/mol. The predicted octanol–water partition coefficient (Wildman–Crippen LogP) is 1.55. The number of aliphatic carboxylic acids is 1. The first-order chi connectivity index (χ1) is 9.62. The third kappa shape index (κ3) is 2.23. The van der Waals surface area contributed by atoms with Crippen LogP contribution >= 0.6 is 0 Å². The number of carboxylic acid groups (broad SMARTS) is 1. The van der Waals surface area contributed by atoms with E-state index in [1.807, 2.05) is 6.07 Å². The van der Waals surface area contributed by atoms with Crippen LogP contribution in [0.25, 0.3) is 0 Å². The van der Waals surface area contributed by atoms with Crippen LogP contribution in [-0.2, 0) is 16.8 Å². The van der Waals surface area contributed by atoms with Crippen LogP contribution in [-0.4, -0.2) is 54.1 Å². The first-order valence-corrected chi connectivity index (χ1v) is 7.36. The highest BCUT2D eigenvalue weighted by molar-refractivity contribution is 5.69. The summed E-state index contributed by atoms with van der Waals surface area (Å²) in [6, 6.07) is 8.37. The molecule has 0 saturated carbocycles. The van der Waals surface area contributed by atoms with Crippen molar-refractivity contribution in [2.45, 2.75) is 24.8 Å². The summed E-state index contributed by atoms with van der Waals surface area (Å²) in [5.74, 6) is -0.694. The maximum absolute atomic E-state index is 11.4. The van der Waals surface area contributed by atoms with Crippen molar-refractivity contribution in [2.75, 3.05) is 33.2 Å². The second-order valence-electron chi connectivity index (χ2n) is 6.05. The minimum atomic E-state index is -0.694. The van der Waals surface area contributed by atoms with Gasteiger partial charge in [-0.15, -0.1) is 0 Å². The minimum absolute atomic E-state index is 0.216. The minimum Gasteiger partial charge on any atom is -0.481 e. The molecule has 0 aromatic heterocycles. The normalized spacial score (nSPS) is 27.4. The van der Waals surface area contributed by atoms with E-state index in [1.54, 1.807) is 0 Å². The van der Waals surface area contributed by atoms with E-state index in [4.69, 9.17) is 0 Å². The molecule has 1 atom stereocenters. The average Bonchev–Trinajstić information content (AvgIpc) is 2.79. The molecular weight excluding hydrogens is 252 g/mol. The van der Waals surface area contributed by atoms with E-state index in [0.29, 0.717) is 0 Å². The van der Waals surface area contributed by atoms with Crippen LogP contribution < -0.4 is 0 Å². The Balaban J connectivity index is 1.96. The van der Waals surface area contributed by atoms with Crippen LogP contribution in [0.15, 0.2) is 24.3 Å². The summed E-state index contributed by atoms with van der Waals surface area (Å²) in [5, 5.41) is 9.41. The molecule has 1 unspecified atom stereocenters. The zero-order chi connectivity index (χ0) is 14.2. The molecule has 0 spiro atoms. The first kappa shape index (κ1) is 13.6. The number of piperazine rings is 1. The average molecular weight is 274 g/mol. The number of carboxylic acids is 1. The van der Waals surface area contributed by atoms with Gasteiger partial charge in [0, 0.05) is 26.2 Å². The van der Waals surface area contributed by atoms with Gasteiger partial charge in [0.25, 0.3) is 0 Å². The second kappa shape index (κ2) is 5.19. The zero-order valence-electron chi connectivity index (χ0n) is 12.0. The van der Waals surface area contributed by atoms with Crippen molar-refractivity contribution in [1.82, 2.24) is 9.80 Å². The largest absolute Gasteiger partial charge is 0.481 e. The number of aryl methyl sites for hydroxylation is 1. The van der Waals surface area contributed by atoms with Gasteiger partial charge in [-0.25, -0.2) is 0 Å². The number of carbonyl (C=O) groups is 1. The van der Waals surface area contributed by atoms with Gasteiger partial charge in [-0.05, 0) is 31.0 Å². The molecule has 1 saturated heterocycles. The van der Waals surface area contributed by atoms with E-state index in [0.717, 1.165) is 39.0 Å². The van der Waals surface area contributed by atoms with Crippen molar-refractivity contribution in [3.05, 3.63) is 35.4 Å². The highest BCUT2D eigenvalue weighted by Gasteiger charge is 2.45. The molecule has 2 aliphatic rings. The molecule has 1 aliphatic heterocycles. The zero-order valence-corrected chi connectivity index (χ0v) is 12.0. The third-order valence-corrected chi connectivity index (χ3v) is 4.88. The Morgan fingerprint density at radius 3 is 2.65 bits per heavy atom. The van der Waals surface area contributed by atoms with Gasteiger partial charge in [-0.1, -0.05) is 24.3 Å². The van der Waals surface area contributed by atoms with Crippen LogP contribution in [0.1, 0.15) is 24.0 Å². The van der Waals surface area contributed by atoms with Gasteiger partial charge in [0.05, 0.1) is 12.0 Å². The summed E-state index contributed by atoms with van der Waals surface area (Å²) in [5.41, 5.74) is 2.28. The van der Waals surface area contributed by atoms with Crippen LogP contribution in [0.4, 0.5) is 0 Å². The standard InChI is InChI=1S/C16H22N2O2/c1-17-8-10-18(11-9-17)16(12-15(19)20)7-6-13-4-2-3-5-14(13)16/h2-5H,6-12H2,1H3,(H,19,20). The Labute approximate surface area is 120 Å². The Morgan fingerprint density at radius 2 is 1.95 bits per heavy atom. The number of nitrogens with zero attached hydrogens (tertiary/aromatic N) is 2. The molecule has 20 heavy (non-hydrogen) atoms. The van der Waals surface area contributed by atoms with Gasteiger partial charge in [0.2, 0.25) is 0 Å². The lowest BCUT2D eigenvalue weighted by molar-refractivity contribution is -0.141. The summed E-state index contributed by atoms with van der Waals surface area (Å²) in [6.45, 7) is 3.95. The molecule has 4 heteroatoms. The van der Waals surface area contributed by atoms with Crippen LogP contribution in [0.3, 0.4) is 0 Å². The highest BCUT2D eigenvalue weighted by atomic mass is 16.4. The fourth-order valence-corrected chi connectivity index (χ4v) is 3.78. The van der Waals surface area contributed by atoms with Gasteiger partial charge < -0.3 is 10.0 Å². The van der Waals surface area contributed by atoms with Gasteiger partial charge in [0.1, 0.15) is 0 Å². The van der Waals surface area contributed by atoms with Crippen LogP contribution in [0.2, 0.25) is 0 Å². The van der Waals surface area contributed by atoms with E-state index in [9.17, 15) is 9.90 Å². The Hall–Kier alpha value is -1.39. The molecule has 1 fully saturated rings. The molecule has 1 heterocycles. The lowest BCUT2D eigenvalue weighted by Gasteiger charge is -2.45. The van der Waals surface area contributed by atoms with E-state index in [2.05, 4.69) is 35.0 Å². The topological polar surface area (TPSA) is 43.8 Å². The van der Waals surface area contributed by atoms with Crippen molar-refractivity contribution in [3.63, 3.8) is 0 Å². The number of likely N-dealkylation sites (N-methyl/N-ethyl adjacent to an activating group) is 1. The Morgan fingerprint density at radius 1 is 1.25 bits per heavy atom. The third-order valence-electron chi connectivity index (χ3n) is 4.88. The van der Waals surface area contributed by atoms with Gasteiger partial charge in [-0.3, -0.25) is 9.69 Å². The first-order valence-electron chi connectivity index (χ1n) is 7.36. The molecule has 1 aromatic carbocycles. The second-order valence-corrected chi connectivity index (χ2v) is 6.05. The van der Waals surface area contributed by atoms with Crippen molar-refractivity contribution in [3.8, 4) is 0 Å². The van der Waals surface area contributed by atoms with Gasteiger partial charge in [-0.2, -0.15) is 0 Å². The lowest BCUT2D eigenvalue weighted by atomic mass is 9.85. The number of hydrogen-bond donors (Lipinski definition) is 1. The van der Waals surface area contributed by atoms with Gasteiger partial charge in [0.15, 0.2) is 0 Å². The van der Waals surface area contributed by atoms with Crippen molar-refractivity contribution in [1.29, 1.82) is 0 Å². The maximum atomic E-state index is 11.4. The SMILES string of the molecule is CN1CCN(C2(CC(=O)O)CCc3ccccc32)CC1. The van der Waals surface area contributed by atoms with E-state index in [1.165, 1.54) is 11.1 Å². The fourth-order valence-electron chi connectivity index (χ4n) is 3.78. The summed E-state index contributed by atoms with van der Waals surface area (Å²) in [4.78, 5) is 16.2. The fraction of sp³-hybridized carbons (Fsp3) is 0.562. The van der Waals surface area contributed by atoms with Crippen LogP contribution in [0.5, 0.6) is 0 Å². The van der Waals surface area contributed by atoms with Crippen molar-refractivity contribution >= 4 is 5.97 Å². The Kier molecular flexibility index (Phi) is 3.52. The maximum Gasteiger partial charge on any atom is 0.305 e. The summed E-state index contributed by atoms with van der Waals surface area (Å²) >= 11 is 0. The summed E-state index contributed by atoms with van der Waals surface area (Å²) < 4.78 is 0. The number of fused-ring (bicyclic) bond motifs is 1. The predicted molar refractivity (Wildman–Crippen MR) is 77.8 cm³/mol. The number of rotatable bonds is 3. The van der Waals surface area contributed by atoms with Crippen molar-refractivity contribution < 1.29 is 9.90 Å². The molecule has 0 bridgehead atoms. The van der Waals surface area contributed by atoms with Crippen molar-refractivity contribution in [2.24, 2.45) is 0 Å². The highest BCUT2D eigenvalue weighted by Crippen LogP contribution is 2.44. The molecule has 0 radical (unpaired) electrons.